The van der Waals surface area contributed by atoms with Gasteiger partial charge in [0.15, 0.2) is 0 Å². The average Bonchev–Trinajstić information content (AvgIpc) is 2.69. The number of anilines is 1. The molecule has 0 unspecified atom stereocenters. The average molecular weight is 371 g/mol. The summed E-state index contributed by atoms with van der Waals surface area (Å²) in [6.07, 6.45) is 0.942. The number of amides is 1. The number of carbonyl (C=O) groups is 2. The third kappa shape index (κ3) is 8.37. The van der Waals surface area contributed by atoms with Crippen molar-refractivity contribution in [2.24, 2.45) is 0 Å². The van der Waals surface area contributed by atoms with E-state index in [4.69, 9.17) is 14.2 Å². The quantitative estimate of drug-likeness (QED) is 0.485. The van der Waals surface area contributed by atoms with Crippen LogP contribution in [-0.2, 0) is 25.5 Å². The Bertz CT molecular complexity index is 700. The number of methoxy groups -OCH3 is 1. The molecule has 0 saturated carbocycles. The van der Waals surface area contributed by atoms with Crippen molar-refractivity contribution in [3.63, 3.8) is 0 Å². The van der Waals surface area contributed by atoms with Crippen molar-refractivity contribution in [2.75, 3.05) is 32.2 Å². The fraction of sp³-hybridized carbons (Fsp3) is 0.333. The minimum atomic E-state index is -0.413. The third-order valence-corrected chi connectivity index (χ3v) is 3.75. The van der Waals surface area contributed by atoms with Gasteiger partial charge >= 0.3 is 5.97 Å². The second-order valence-corrected chi connectivity index (χ2v) is 5.87. The molecule has 0 radical (unpaired) electrons. The van der Waals surface area contributed by atoms with Crippen molar-refractivity contribution in [1.29, 1.82) is 0 Å². The highest BCUT2D eigenvalue weighted by molar-refractivity contribution is 5.92. The molecule has 0 spiro atoms. The number of benzene rings is 2. The van der Waals surface area contributed by atoms with E-state index in [0.717, 1.165) is 12.2 Å². The summed E-state index contributed by atoms with van der Waals surface area (Å²) in [5, 5.41) is 2.75. The van der Waals surface area contributed by atoms with Crippen LogP contribution in [0.4, 0.5) is 5.69 Å². The fourth-order valence-corrected chi connectivity index (χ4v) is 2.32. The molecule has 2 aromatic rings. The lowest BCUT2D eigenvalue weighted by atomic mass is 10.2. The standard InChI is InChI=1S/C21H25NO5/c1-25-15-16-27-21(24)12-11-20(23)22-18-7-9-19(10-8-18)26-14-13-17-5-3-2-4-6-17/h2-10H,11-16H2,1H3,(H,22,23). The Balaban J connectivity index is 1.67. The van der Waals surface area contributed by atoms with E-state index in [1.807, 2.05) is 18.2 Å². The molecule has 6 heteroatoms. The number of hydrogen-bond donors (Lipinski definition) is 1. The minimum Gasteiger partial charge on any atom is -0.493 e. The largest absolute Gasteiger partial charge is 0.493 e. The molecule has 1 amide bonds. The van der Waals surface area contributed by atoms with Gasteiger partial charge in [-0.3, -0.25) is 9.59 Å². The second kappa shape index (κ2) is 11.7. The lowest BCUT2D eigenvalue weighted by Crippen LogP contribution is -2.15. The van der Waals surface area contributed by atoms with Gasteiger partial charge in [-0.05, 0) is 29.8 Å². The van der Waals surface area contributed by atoms with Gasteiger partial charge in [-0.25, -0.2) is 0 Å². The zero-order chi connectivity index (χ0) is 19.3. The fourth-order valence-electron chi connectivity index (χ4n) is 2.32. The highest BCUT2D eigenvalue weighted by atomic mass is 16.6. The molecule has 2 rings (SSSR count). The molecule has 1 N–H and O–H groups in total. The Morgan fingerprint density at radius 2 is 1.63 bits per heavy atom. The zero-order valence-electron chi connectivity index (χ0n) is 15.5. The number of carbonyl (C=O) groups excluding carboxylic acids is 2. The molecule has 0 atom stereocenters. The van der Waals surface area contributed by atoms with E-state index in [-0.39, 0.29) is 25.4 Å². The van der Waals surface area contributed by atoms with Crippen LogP contribution in [-0.4, -0.2) is 38.8 Å². The van der Waals surface area contributed by atoms with Crippen molar-refractivity contribution in [3.05, 3.63) is 60.2 Å². The second-order valence-electron chi connectivity index (χ2n) is 5.87. The molecule has 0 bridgehead atoms. The Kier molecular flexibility index (Phi) is 8.86. The SMILES string of the molecule is COCCOC(=O)CCC(=O)Nc1ccc(OCCc2ccccc2)cc1. The smallest absolute Gasteiger partial charge is 0.306 e. The number of hydrogen-bond acceptors (Lipinski definition) is 5. The normalized spacial score (nSPS) is 10.3. The van der Waals surface area contributed by atoms with Crippen LogP contribution in [0.15, 0.2) is 54.6 Å². The number of nitrogens with one attached hydrogen (secondary N) is 1. The summed E-state index contributed by atoms with van der Waals surface area (Å²) >= 11 is 0. The molecular weight excluding hydrogens is 346 g/mol. The van der Waals surface area contributed by atoms with Crippen molar-refractivity contribution < 1.29 is 23.8 Å². The third-order valence-electron chi connectivity index (χ3n) is 3.75. The van der Waals surface area contributed by atoms with Gasteiger partial charge < -0.3 is 19.5 Å². The summed E-state index contributed by atoms with van der Waals surface area (Å²) in [6, 6.07) is 17.3. The van der Waals surface area contributed by atoms with Crippen LogP contribution in [0.3, 0.4) is 0 Å². The van der Waals surface area contributed by atoms with Gasteiger partial charge in [0, 0.05) is 25.6 Å². The van der Waals surface area contributed by atoms with Gasteiger partial charge in [0.25, 0.3) is 0 Å². The van der Waals surface area contributed by atoms with Crippen LogP contribution < -0.4 is 10.1 Å². The number of ether oxygens (including phenoxy) is 3. The first-order chi connectivity index (χ1) is 13.2. The lowest BCUT2D eigenvalue weighted by molar-refractivity contribution is -0.145. The van der Waals surface area contributed by atoms with Gasteiger partial charge in [-0.15, -0.1) is 0 Å². The van der Waals surface area contributed by atoms with E-state index in [0.29, 0.717) is 18.9 Å². The van der Waals surface area contributed by atoms with E-state index < -0.39 is 5.97 Å². The summed E-state index contributed by atoms with van der Waals surface area (Å²) in [5.41, 5.74) is 1.88. The molecule has 27 heavy (non-hydrogen) atoms. The maximum Gasteiger partial charge on any atom is 0.306 e. The van der Waals surface area contributed by atoms with Crippen LogP contribution in [0.5, 0.6) is 5.75 Å². The van der Waals surface area contributed by atoms with Gasteiger partial charge in [0.05, 0.1) is 19.6 Å². The molecule has 0 aliphatic carbocycles. The summed E-state index contributed by atoms with van der Waals surface area (Å²) in [7, 11) is 1.53. The highest BCUT2D eigenvalue weighted by Gasteiger charge is 2.08. The van der Waals surface area contributed by atoms with Crippen molar-refractivity contribution >= 4 is 17.6 Å². The number of esters is 1. The molecule has 0 heterocycles. The molecule has 6 nitrogen and oxygen atoms in total. The van der Waals surface area contributed by atoms with Crippen molar-refractivity contribution in [3.8, 4) is 5.75 Å². The molecule has 0 saturated heterocycles. The Morgan fingerprint density at radius 3 is 2.33 bits per heavy atom. The zero-order valence-corrected chi connectivity index (χ0v) is 15.5. The predicted molar refractivity (Wildman–Crippen MR) is 103 cm³/mol. The molecule has 144 valence electrons. The monoisotopic (exact) mass is 371 g/mol. The lowest BCUT2D eigenvalue weighted by Gasteiger charge is -2.09. The van der Waals surface area contributed by atoms with Crippen LogP contribution in [0, 0.1) is 0 Å². The van der Waals surface area contributed by atoms with E-state index in [1.165, 1.54) is 12.7 Å². The van der Waals surface area contributed by atoms with Crippen molar-refractivity contribution in [2.45, 2.75) is 19.3 Å². The number of rotatable bonds is 11. The molecule has 0 fully saturated rings. The first kappa shape index (κ1) is 20.5. The van der Waals surface area contributed by atoms with Gasteiger partial charge in [0.2, 0.25) is 5.91 Å². The van der Waals surface area contributed by atoms with Gasteiger partial charge in [-0.2, -0.15) is 0 Å². The van der Waals surface area contributed by atoms with Crippen LogP contribution in [0.1, 0.15) is 18.4 Å². The Morgan fingerprint density at radius 1 is 0.889 bits per heavy atom. The Hall–Kier alpha value is -2.86. The molecule has 0 aliphatic rings. The topological polar surface area (TPSA) is 73.9 Å². The molecular formula is C21H25NO5. The summed E-state index contributed by atoms with van der Waals surface area (Å²) in [5.74, 6) is 0.0893. The molecule has 0 aliphatic heterocycles. The Labute approximate surface area is 159 Å². The van der Waals surface area contributed by atoms with E-state index in [1.54, 1.807) is 24.3 Å². The van der Waals surface area contributed by atoms with Crippen molar-refractivity contribution in [1.82, 2.24) is 0 Å². The first-order valence-electron chi connectivity index (χ1n) is 8.88. The maximum absolute atomic E-state index is 11.9. The first-order valence-corrected chi connectivity index (χ1v) is 8.88. The highest BCUT2D eigenvalue weighted by Crippen LogP contribution is 2.16. The van der Waals surface area contributed by atoms with Crippen LogP contribution in [0.2, 0.25) is 0 Å². The van der Waals surface area contributed by atoms with E-state index in [9.17, 15) is 9.59 Å². The predicted octanol–water partition coefficient (Wildman–Crippen LogP) is 3.22. The summed E-state index contributed by atoms with van der Waals surface area (Å²) < 4.78 is 15.4. The minimum absolute atomic E-state index is 0.0379. The molecule has 0 aromatic heterocycles. The summed E-state index contributed by atoms with van der Waals surface area (Å²) in [4.78, 5) is 23.3. The van der Waals surface area contributed by atoms with Gasteiger partial charge in [-0.1, -0.05) is 30.3 Å². The van der Waals surface area contributed by atoms with Crippen LogP contribution in [0.25, 0.3) is 0 Å². The van der Waals surface area contributed by atoms with E-state index in [2.05, 4.69) is 17.4 Å². The molecule has 2 aromatic carbocycles. The summed E-state index contributed by atoms with van der Waals surface area (Å²) in [6.45, 7) is 1.13. The van der Waals surface area contributed by atoms with E-state index >= 15 is 0 Å². The maximum atomic E-state index is 11.9. The van der Waals surface area contributed by atoms with Gasteiger partial charge in [0.1, 0.15) is 12.4 Å². The van der Waals surface area contributed by atoms with Crippen LogP contribution >= 0.6 is 0 Å².